The van der Waals surface area contributed by atoms with Crippen LogP contribution >= 0.6 is 0 Å². The molecule has 186 valence electrons. The van der Waals surface area contributed by atoms with Crippen LogP contribution in [-0.2, 0) is 12.8 Å². The minimum Gasteiger partial charge on any atom is -0.437 e. The lowest BCUT2D eigenvalue weighted by atomic mass is 9.90. The molecular weight excluding hydrogens is 454 g/mol. The molecule has 0 amide bonds. The molecule has 0 fully saturated rings. The first-order valence-electron chi connectivity index (χ1n) is 13.3. The Kier molecular flexibility index (Phi) is 5.71. The van der Waals surface area contributed by atoms with E-state index in [1.165, 1.54) is 21.9 Å². The predicted octanol–water partition coefficient (Wildman–Crippen LogP) is 8.76. The first-order chi connectivity index (χ1) is 17.8. The highest BCUT2D eigenvalue weighted by Crippen LogP contribution is 2.39. The fraction of sp³-hybridized carbons (Fsp3) is 0.303. The number of aromatic nitrogens is 3. The lowest BCUT2D eigenvalue weighted by Crippen LogP contribution is -2.02. The Morgan fingerprint density at radius 1 is 0.757 bits per heavy atom. The van der Waals surface area contributed by atoms with E-state index in [0.29, 0.717) is 17.5 Å². The summed E-state index contributed by atoms with van der Waals surface area (Å²) in [6, 6.07) is 19.6. The van der Waals surface area contributed by atoms with E-state index in [-0.39, 0.29) is 0 Å². The highest BCUT2D eigenvalue weighted by molar-refractivity contribution is 6.14. The molecule has 6 aromatic rings. The molecule has 0 radical (unpaired) electrons. The molecule has 4 heteroatoms. The number of hydrogen-bond acceptors (Lipinski definition) is 4. The van der Waals surface area contributed by atoms with Crippen LogP contribution < -0.4 is 0 Å². The van der Waals surface area contributed by atoms with Gasteiger partial charge in [0.25, 0.3) is 0 Å². The van der Waals surface area contributed by atoms with Crippen molar-refractivity contribution in [2.45, 2.75) is 54.4 Å². The number of rotatable bonds is 5. The number of nitrogens with zero attached hydrogens (tertiary/aromatic N) is 3. The van der Waals surface area contributed by atoms with Gasteiger partial charge in [0.15, 0.2) is 0 Å². The van der Waals surface area contributed by atoms with E-state index in [0.717, 1.165) is 62.9 Å². The summed E-state index contributed by atoms with van der Waals surface area (Å²) in [5, 5.41) is 5.65. The van der Waals surface area contributed by atoms with Gasteiger partial charge in [-0.1, -0.05) is 58.0 Å². The lowest BCUT2D eigenvalue weighted by Gasteiger charge is -2.16. The van der Waals surface area contributed by atoms with Crippen LogP contribution in [0.5, 0.6) is 0 Å². The van der Waals surface area contributed by atoms with Crippen molar-refractivity contribution in [3.8, 4) is 11.3 Å². The van der Waals surface area contributed by atoms with E-state index in [1.54, 1.807) is 0 Å². The molecule has 0 aliphatic heterocycles. The fourth-order valence-electron chi connectivity index (χ4n) is 5.67. The third kappa shape index (κ3) is 4.15. The van der Waals surface area contributed by atoms with Gasteiger partial charge in [-0.05, 0) is 79.3 Å². The van der Waals surface area contributed by atoms with Crippen molar-refractivity contribution in [2.24, 2.45) is 11.8 Å². The van der Waals surface area contributed by atoms with Crippen LogP contribution in [0.25, 0.3) is 55.0 Å². The first kappa shape index (κ1) is 23.6. The van der Waals surface area contributed by atoms with E-state index >= 15 is 0 Å². The van der Waals surface area contributed by atoms with E-state index < -0.39 is 0 Å². The molecule has 3 aromatic carbocycles. The van der Waals surface area contributed by atoms with E-state index in [4.69, 9.17) is 14.4 Å². The van der Waals surface area contributed by atoms with Gasteiger partial charge in [-0.25, -0.2) is 15.0 Å². The normalized spacial score (nSPS) is 12.2. The van der Waals surface area contributed by atoms with Crippen LogP contribution in [0.1, 0.15) is 50.3 Å². The van der Waals surface area contributed by atoms with Crippen LogP contribution in [0.3, 0.4) is 0 Å². The Morgan fingerprint density at radius 3 is 2.32 bits per heavy atom. The number of para-hydroxylation sites is 1. The summed E-state index contributed by atoms with van der Waals surface area (Å²) in [5.41, 5.74) is 8.12. The van der Waals surface area contributed by atoms with Crippen LogP contribution in [-0.4, -0.2) is 15.0 Å². The van der Waals surface area contributed by atoms with Crippen LogP contribution in [0.2, 0.25) is 0 Å². The van der Waals surface area contributed by atoms with Gasteiger partial charge in [-0.15, -0.1) is 0 Å². The summed E-state index contributed by atoms with van der Waals surface area (Å²) in [6.45, 7) is 13.1. The summed E-state index contributed by atoms with van der Waals surface area (Å²) in [5.74, 6) is 1.93. The molecule has 4 nitrogen and oxygen atoms in total. The molecule has 37 heavy (non-hydrogen) atoms. The van der Waals surface area contributed by atoms with E-state index in [9.17, 15) is 0 Å². The first-order valence-corrected chi connectivity index (χ1v) is 13.3. The van der Waals surface area contributed by atoms with Crippen molar-refractivity contribution >= 4 is 43.7 Å². The summed E-state index contributed by atoms with van der Waals surface area (Å²) in [6.07, 6.45) is 2.10. The molecule has 0 aliphatic rings. The number of pyridine rings is 1. The van der Waals surface area contributed by atoms with Gasteiger partial charge >= 0.3 is 0 Å². The highest BCUT2D eigenvalue weighted by atomic mass is 16.3. The monoisotopic (exact) mass is 487 g/mol. The predicted molar refractivity (Wildman–Crippen MR) is 154 cm³/mol. The minimum atomic E-state index is 0.551. The van der Waals surface area contributed by atoms with Gasteiger partial charge in [-0.3, -0.25) is 0 Å². The maximum Gasteiger partial charge on any atom is 0.227 e. The maximum absolute atomic E-state index is 6.35. The molecule has 3 aromatic heterocycles. The van der Waals surface area contributed by atoms with Gasteiger partial charge in [-0.2, -0.15) is 0 Å². The summed E-state index contributed by atoms with van der Waals surface area (Å²) >= 11 is 0. The second-order valence-corrected chi connectivity index (χ2v) is 11.2. The Balaban J connectivity index is 1.67. The zero-order valence-electron chi connectivity index (χ0n) is 22.5. The van der Waals surface area contributed by atoms with Crippen molar-refractivity contribution in [2.75, 3.05) is 0 Å². The Labute approximate surface area is 217 Å². The lowest BCUT2D eigenvalue weighted by molar-refractivity contribution is 0.638. The number of fused-ring (bicyclic) bond motifs is 6. The third-order valence-corrected chi connectivity index (χ3v) is 7.06. The molecule has 6 rings (SSSR count). The number of furan rings is 1. The second-order valence-electron chi connectivity index (χ2n) is 11.2. The largest absolute Gasteiger partial charge is 0.437 e. The zero-order valence-corrected chi connectivity index (χ0v) is 22.5. The quantitative estimate of drug-likeness (QED) is 0.228. The van der Waals surface area contributed by atoms with Gasteiger partial charge in [0.05, 0.1) is 11.2 Å². The van der Waals surface area contributed by atoms with E-state index in [1.807, 2.05) is 19.9 Å². The van der Waals surface area contributed by atoms with Crippen LogP contribution in [0.15, 0.2) is 59.0 Å². The average Bonchev–Trinajstić information content (AvgIpc) is 3.20. The van der Waals surface area contributed by atoms with Crippen LogP contribution in [0.4, 0.5) is 0 Å². The smallest absolute Gasteiger partial charge is 0.227 e. The summed E-state index contributed by atoms with van der Waals surface area (Å²) < 4.78 is 6.35. The third-order valence-electron chi connectivity index (χ3n) is 7.06. The Morgan fingerprint density at radius 2 is 1.54 bits per heavy atom. The molecule has 0 unspecified atom stereocenters. The second kappa shape index (κ2) is 8.95. The Hall–Kier alpha value is -3.79. The maximum atomic E-state index is 6.35. The van der Waals surface area contributed by atoms with Crippen molar-refractivity contribution in [3.05, 3.63) is 77.2 Å². The molecule has 0 spiro atoms. The molecule has 0 N–H and O–H groups in total. The molecule has 0 saturated carbocycles. The van der Waals surface area contributed by atoms with Crippen molar-refractivity contribution in [1.29, 1.82) is 0 Å². The summed E-state index contributed by atoms with van der Waals surface area (Å²) in [4.78, 5) is 14.6. The highest BCUT2D eigenvalue weighted by Gasteiger charge is 2.19. The van der Waals surface area contributed by atoms with E-state index in [2.05, 4.69) is 81.2 Å². The molecule has 0 atom stereocenters. The van der Waals surface area contributed by atoms with Crippen molar-refractivity contribution in [3.63, 3.8) is 0 Å². The average molecular weight is 488 g/mol. The number of benzene rings is 3. The van der Waals surface area contributed by atoms with Crippen LogP contribution in [0, 0.1) is 25.7 Å². The molecule has 0 aliphatic carbocycles. The number of hydrogen-bond donors (Lipinski definition) is 0. The summed E-state index contributed by atoms with van der Waals surface area (Å²) in [7, 11) is 0. The molecule has 0 bridgehead atoms. The standard InChI is InChI=1S/C33H33N3O/c1-18(2)14-22-16-23-11-13-27-30(35-21(6)36-31(27)29(23)24(17-22)15-19(3)4)28-9-7-8-25-26-12-10-20(5)34-33(26)37-32(25)28/h7-13,16-19H,14-15H2,1-6H3. The SMILES string of the molecule is Cc1ccc2c(n1)oc1c(-c3nc(C)nc4c3ccc3cc(CC(C)C)cc(CC(C)C)c34)cccc12. The Bertz CT molecular complexity index is 1810. The molecular formula is C33H33N3O. The number of aryl methyl sites for hydroxylation is 2. The fourth-order valence-corrected chi connectivity index (χ4v) is 5.67. The van der Waals surface area contributed by atoms with Gasteiger partial charge in [0.2, 0.25) is 5.71 Å². The van der Waals surface area contributed by atoms with Gasteiger partial charge in [0, 0.05) is 32.8 Å². The van der Waals surface area contributed by atoms with Gasteiger partial charge < -0.3 is 4.42 Å². The molecule has 3 heterocycles. The molecule has 0 saturated heterocycles. The topological polar surface area (TPSA) is 51.8 Å². The minimum absolute atomic E-state index is 0.551. The zero-order chi connectivity index (χ0) is 25.8. The van der Waals surface area contributed by atoms with Crippen molar-refractivity contribution < 1.29 is 4.42 Å². The van der Waals surface area contributed by atoms with Gasteiger partial charge in [0.1, 0.15) is 11.4 Å². The van der Waals surface area contributed by atoms with Crippen molar-refractivity contribution in [1.82, 2.24) is 15.0 Å².